The molecule has 0 N–H and O–H groups in total. The molecule has 0 saturated carbocycles. The van der Waals surface area contributed by atoms with E-state index in [1.807, 2.05) is 0 Å². The van der Waals surface area contributed by atoms with Crippen LogP contribution in [0.3, 0.4) is 0 Å². The lowest BCUT2D eigenvalue weighted by atomic mass is 10.6. The molecule has 1 atom stereocenters. The third kappa shape index (κ3) is 1.69. The van der Waals surface area contributed by atoms with Gasteiger partial charge in [-0.1, -0.05) is 0 Å². The topological polar surface area (TPSA) is 60.2 Å². The highest BCUT2D eigenvalue weighted by Gasteiger charge is 2.40. The van der Waals surface area contributed by atoms with E-state index in [-0.39, 0.29) is 13.3 Å². The normalized spacial score (nSPS) is 28.9. The molecule has 1 unspecified atom stereocenters. The molecule has 0 aliphatic carbocycles. The van der Waals surface area contributed by atoms with Gasteiger partial charge in [0.2, 0.25) is 0 Å². The van der Waals surface area contributed by atoms with E-state index in [9.17, 15) is 4.79 Å². The highest BCUT2D eigenvalue weighted by atomic mass is 32.1. The smallest absolute Gasteiger partial charge is 0.374 e. The van der Waals surface area contributed by atoms with Gasteiger partial charge in [0.05, 0.1) is 6.61 Å². The van der Waals surface area contributed by atoms with Crippen molar-refractivity contribution in [3.8, 4) is 0 Å². The predicted octanol–water partition coefficient (Wildman–Crippen LogP) is 0.573. The summed E-state index contributed by atoms with van der Waals surface area (Å²) in [6, 6.07) is 0. The number of nitrogens with zero attached hydrogens (tertiary/aromatic N) is 2. The maximum Gasteiger partial charge on any atom is 0.374 e. The van der Waals surface area contributed by atoms with Crippen molar-refractivity contribution >= 4 is 18.6 Å². The summed E-state index contributed by atoms with van der Waals surface area (Å²) in [4.78, 5) is 11.0. The molecule has 0 radical (unpaired) electrons. The van der Waals surface area contributed by atoms with Crippen LogP contribution in [0.4, 0.5) is 0 Å². The SMILES string of the molecule is CCOC(=O)C1(S)N=NCO1. The number of esters is 1. The lowest BCUT2D eigenvalue weighted by Gasteiger charge is -2.13. The van der Waals surface area contributed by atoms with Gasteiger partial charge in [0.15, 0.2) is 6.73 Å². The first kappa shape index (κ1) is 8.48. The van der Waals surface area contributed by atoms with Crippen LogP contribution in [0.1, 0.15) is 6.92 Å². The zero-order valence-electron chi connectivity index (χ0n) is 5.98. The summed E-state index contributed by atoms with van der Waals surface area (Å²) in [6.45, 7) is 2.03. The number of carbonyl (C=O) groups excluding carboxylic acids is 1. The highest BCUT2D eigenvalue weighted by Crippen LogP contribution is 2.25. The van der Waals surface area contributed by atoms with E-state index in [2.05, 4.69) is 27.6 Å². The second kappa shape index (κ2) is 3.19. The zero-order valence-corrected chi connectivity index (χ0v) is 6.88. The van der Waals surface area contributed by atoms with Crippen LogP contribution >= 0.6 is 12.6 Å². The quantitative estimate of drug-likeness (QED) is 0.494. The lowest BCUT2D eigenvalue weighted by molar-refractivity contribution is -0.157. The number of azo groups is 1. The van der Waals surface area contributed by atoms with Crippen LogP contribution in [0, 0.1) is 0 Å². The Balaban J connectivity index is 2.57. The fourth-order valence-electron chi connectivity index (χ4n) is 0.597. The molecule has 62 valence electrons. The van der Waals surface area contributed by atoms with Crippen LogP contribution in [-0.2, 0) is 14.3 Å². The van der Waals surface area contributed by atoms with Gasteiger partial charge in [-0.05, 0) is 6.92 Å². The average Bonchev–Trinajstić information content (AvgIpc) is 2.38. The van der Waals surface area contributed by atoms with Gasteiger partial charge in [-0.25, -0.2) is 4.79 Å². The summed E-state index contributed by atoms with van der Waals surface area (Å²) in [5, 5.41) is 5.44. The van der Waals surface area contributed by atoms with E-state index < -0.39 is 11.0 Å². The van der Waals surface area contributed by atoms with Crippen molar-refractivity contribution in [1.29, 1.82) is 0 Å². The Morgan fingerprint density at radius 2 is 2.64 bits per heavy atom. The first-order valence-electron chi connectivity index (χ1n) is 3.11. The van der Waals surface area contributed by atoms with E-state index in [0.29, 0.717) is 0 Å². The van der Waals surface area contributed by atoms with Gasteiger partial charge in [-0.3, -0.25) is 0 Å². The first-order valence-corrected chi connectivity index (χ1v) is 3.56. The molecule has 0 amide bonds. The maximum absolute atomic E-state index is 11.0. The summed E-state index contributed by atoms with van der Waals surface area (Å²) in [6.07, 6.45) is 0. The third-order valence-corrected chi connectivity index (χ3v) is 1.47. The third-order valence-electron chi connectivity index (χ3n) is 1.07. The molecule has 6 heteroatoms. The molecule has 1 rings (SSSR count). The predicted molar refractivity (Wildman–Crippen MR) is 39.2 cm³/mol. The maximum atomic E-state index is 11.0. The molecule has 0 spiro atoms. The summed E-state index contributed by atoms with van der Waals surface area (Å²) < 4.78 is 9.45. The van der Waals surface area contributed by atoms with Gasteiger partial charge in [0.1, 0.15) is 0 Å². The van der Waals surface area contributed by atoms with Crippen molar-refractivity contribution in [2.45, 2.75) is 12.0 Å². The van der Waals surface area contributed by atoms with E-state index in [1.54, 1.807) is 6.92 Å². The van der Waals surface area contributed by atoms with Crippen LogP contribution in [0.5, 0.6) is 0 Å². The standard InChI is InChI=1S/C5H8N2O3S/c1-2-9-4(8)5(11)7-6-3-10-5/h11H,2-3H2,1H3. The molecule has 0 aromatic carbocycles. The summed E-state index contributed by atoms with van der Waals surface area (Å²) in [7, 11) is 0. The minimum Gasteiger partial charge on any atom is -0.462 e. The number of ether oxygens (including phenoxy) is 2. The van der Waals surface area contributed by atoms with Crippen LogP contribution in [0.15, 0.2) is 10.2 Å². The molecular formula is C5H8N2O3S. The minimum absolute atomic E-state index is 0.0579. The Bertz CT molecular complexity index is 196. The second-order valence-electron chi connectivity index (χ2n) is 1.84. The van der Waals surface area contributed by atoms with Gasteiger partial charge < -0.3 is 9.47 Å². The van der Waals surface area contributed by atoms with Crippen LogP contribution in [0.2, 0.25) is 0 Å². The number of rotatable bonds is 2. The Kier molecular flexibility index (Phi) is 2.45. The lowest BCUT2D eigenvalue weighted by Crippen LogP contribution is -2.32. The molecule has 1 aliphatic rings. The highest BCUT2D eigenvalue weighted by molar-refractivity contribution is 7.82. The van der Waals surface area contributed by atoms with Gasteiger partial charge in [-0.15, -0.1) is 17.7 Å². The Labute approximate surface area is 69.2 Å². The molecule has 11 heavy (non-hydrogen) atoms. The molecule has 0 aromatic rings. The van der Waals surface area contributed by atoms with Crippen molar-refractivity contribution < 1.29 is 14.3 Å². The van der Waals surface area contributed by atoms with Crippen molar-refractivity contribution in [1.82, 2.24) is 0 Å². The van der Waals surface area contributed by atoms with Crippen LogP contribution in [-0.4, -0.2) is 24.4 Å². The molecule has 1 heterocycles. The van der Waals surface area contributed by atoms with Gasteiger partial charge in [0, 0.05) is 0 Å². The van der Waals surface area contributed by atoms with Crippen molar-refractivity contribution in [2.75, 3.05) is 13.3 Å². The molecule has 0 bridgehead atoms. The van der Waals surface area contributed by atoms with Gasteiger partial charge >= 0.3 is 11.0 Å². The number of hydrogen-bond acceptors (Lipinski definition) is 6. The first-order chi connectivity index (χ1) is 5.19. The number of hydrogen-bond donors (Lipinski definition) is 1. The van der Waals surface area contributed by atoms with E-state index >= 15 is 0 Å². The molecular weight excluding hydrogens is 168 g/mol. The zero-order chi connectivity index (χ0) is 8.32. The number of thiol groups is 1. The van der Waals surface area contributed by atoms with Gasteiger partial charge in [-0.2, -0.15) is 5.11 Å². The van der Waals surface area contributed by atoms with Crippen LogP contribution < -0.4 is 0 Å². The second-order valence-corrected chi connectivity index (χ2v) is 2.45. The molecule has 0 fully saturated rings. The number of carbonyl (C=O) groups is 1. The molecule has 5 nitrogen and oxygen atoms in total. The van der Waals surface area contributed by atoms with Crippen molar-refractivity contribution in [3.05, 3.63) is 0 Å². The van der Waals surface area contributed by atoms with E-state index in [4.69, 9.17) is 4.74 Å². The summed E-state index contributed by atoms with van der Waals surface area (Å²) in [5.41, 5.74) is 0. The Hall–Kier alpha value is -0.620. The largest absolute Gasteiger partial charge is 0.462 e. The fourth-order valence-corrected chi connectivity index (χ4v) is 0.783. The van der Waals surface area contributed by atoms with Crippen LogP contribution in [0.25, 0.3) is 0 Å². The summed E-state index contributed by atoms with van der Waals surface area (Å²) >= 11 is 3.85. The summed E-state index contributed by atoms with van der Waals surface area (Å²) in [5.74, 6) is -0.621. The van der Waals surface area contributed by atoms with E-state index in [1.165, 1.54) is 0 Å². The Morgan fingerprint density at radius 1 is 1.91 bits per heavy atom. The van der Waals surface area contributed by atoms with Gasteiger partial charge in [0.25, 0.3) is 0 Å². The minimum atomic E-state index is -1.50. The molecule has 0 aromatic heterocycles. The molecule has 1 aliphatic heterocycles. The molecule has 0 saturated heterocycles. The van der Waals surface area contributed by atoms with Crippen molar-refractivity contribution in [3.63, 3.8) is 0 Å². The van der Waals surface area contributed by atoms with Crippen molar-refractivity contribution in [2.24, 2.45) is 10.2 Å². The monoisotopic (exact) mass is 176 g/mol. The average molecular weight is 176 g/mol. The Morgan fingerprint density at radius 3 is 3.09 bits per heavy atom. The van der Waals surface area contributed by atoms with E-state index in [0.717, 1.165) is 0 Å². The fraction of sp³-hybridized carbons (Fsp3) is 0.800.